The number of carbonyl (C=O) groups is 2. The third kappa shape index (κ3) is 8.30. The molecular formula is C23H31F3N6O3. The lowest BCUT2D eigenvalue weighted by Crippen LogP contribution is -2.25. The molecular weight excluding hydrogens is 465 g/mol. The van der Waals surface area contributed by atoms with Gasteiger partial charge in [-0.3, -0.25) is 9.59 Å². The summed E-state index contributed by atoms with van der Waals surface area (Å²) in [7, 11) is 4.71. The number of anilines is 3. The number of primary amides is 1. The summed E-state index contributed by atoms with van der Waals surface area (Å²) in [6.07, 6.45) is 0.860. The average molecular weight is 497 g/mol. The lowest BCUT2D eigenvalue weighted by molar-refractivity contribution is -0.137. The van der Waals surface area contributed by atoms with Gasteiger partial charge in [-0.15, -0.1) is 0 Å². The number of nitrogens with zero attached hydrogens (tertiary/aromatic N) is 3. The van der Waals surface area contributed by atoms with Crippen molar-refractivity contribution >= 4 is 29.3 Å². The van der Waals surface area contributed by atoms with E-state index in [1.807, 2.05) is 0 Å². The van der Waals surface area contributed by atoms with Gasteiger partial charge in [-0.05, 0) is 31.0 Å². The van der Waals surface area contributed by atoms with Gasteiger partial charge in [-0.2, -0.15) is 18.2 Å². The number of benzene rings is 1. The number of hydrogen-bond donors (Lipinski definition) is 3. The molecule has 35 heavy (non-hydrogen) atoms. The average Bonchev–Trinajstić information content (AvgIpc) is 2.78. The molecule has 192 valence electrons. The van der Waals surface area contributed by atoms with Crippen LogP contribution < -0.4 is 21.1 Å². The van der Waals surface area contributed by atoms with Crippen LogP contribution in [0.1, 0.15) is 54.9 Å². The lowest BCUT2D eigenvalue weighted by atomic mass is 9.95. The Morgan fingerprint density at radius 2 is 1.80 bits per heavy atom. The maximum absolute atomic E-state index is 13.5. The fourth-order valence-electron chi connectivity index (χ4n) is 3.51. The van der Waals surface area contributed by atoms with Crippen molar-refractivity contribution < 1.29 is 27.5 Å². The Morgan fingerprint density at radius 3 is 2.34 bits per heavy atom. The Bertz CT molecular complexity index is 1020. The highest BCUT2D eigenvalue weighted by Gasteiger charge is 2.36. The molecule has 1 heterocycles. The summed E-state index contributed by atoms with van der Waals surface area (Å²) < 4.78 is 45.7. The Kier molecular flexibility index (Phi) is 9.67. The number of methoxy groups -OCH3 is 1. The molecule has 1 saturated carbocycles. The van der Waals surface area contributed by atoms with Crippen LogP contribution in [-0.2, 0) is 11.0 Å². The first-order valence-electron chi connectivity index (χ1n) is 11.1. The first-order chi connectivity index (χ1) is 16.4. The molecule has 0 unspecified atom stereocenters. The minimum Gasteiger partial charge on any atom is -0.495 e. The number of carbonyl (C=O) groups excluding carboxylic acids is 2. The fourth-order valence-corrected chi connectivity index (χ4v) is 3.51. The zero-order valence-electron chi connectivity index (χ0n) is 20.2. The molecule has 1 aliphatic carbocycles. The van der Waals surface area contributed by atoms with Crippen LogP contribution in [0.3, 0.4) is 0 Å². The minimum atomic E-state index is -4.57. The van der Waals surface area contributed by atoms with E-state index in [9.17, 15) is 22.8 Å². The number of aromatic nitrogens is 2. The van der Waals surface area contributed by atoms with Crippen LogP contribution in [0, 0.1) is 0 Å². The predicted molar refractivity (Wildman–Crippen MR) is 127 cm³/mol. The summed E-state index contributed by atoms with van der Waals surface area (Å²) in [4.78, 5) is 30.8. The van der Waals surface area contributed by atoms with E-state index < -0.39 is 11.7 Å². The van der Waals surface area contributed by atoms with Crippen LogP contribution in [0.4, 0.5) is 30.6 Å². The number of nitrogens with two attached hydrogens (primary N) is 1. The number of amides is 2. The summed E-state index contributed by atoms with van der Waals surface area (Å²) in [6, 6.07) is 4.70. The number of nitrogens with one attached hydrogen (secondary N) is 2. The van der Waals surface area contributed by atoms with Crippen molar-refractivity contribution in [3.05, 3.63) is 35.5 Å². The van der Waals surface area contributed by atoms with E-state index in [0.717, 1.165) is 38.3 Å². The van der Waals surface area contributed by atoms with Gasteiger partial charge in [0.2, 0.25) is 11.9 Å². The number of alkyl halides is 3. The van der Waals surface area contributed by atoms with Gasteiger partial charge in [0.1, 0.15) is 17.1 Å². The molecule has 12 heteroatoms. The third-order valence-electron chi connectivity index (χ3n) is 5.14. The van der Waals surface area contributed by atoms with Crippen molar-refractivity contribution in [2.24, 2.45) is 5.73 Å². The molecule has 0 aliphatic heterocycles. The quantitative estimate of drug-likeness (QED) is 0.548. The molecule has 2 aromatic rings. The summed E-state index contributed by atoms with van der Waals surface area (Å²) in [6.45, 7) is 1.31. The third-order valence-corrected chi connectivity index (χ3v) is 5.14. The molecule has 0 radical (unpaired) electrons. The number of ether oxygens (including phenoxy) is 1. The zero-order chi connectivity index (χ0) is 26.2. The number of halogens is 3. The topological polar surface area (TPSA) is 122 Å². The molecule has 1 aliphatic rings. The van der Waals surface area contributed by atoms with Gasteiger partial charge in [0, 0.05) is 38.8 Å². The molecule has 4 N–H and O–H groups in total. The van der Waals surface area contributed by atoms with E-state index in [0.29, 0.717) is 17.0 Å². The van der Waals surface area contributed by atoms with E-state index in [4.69, 9.17) is 4.74 Å². The number of rotatable bonds is 6. The second kappa shape index (κ2) is 12.2. The van der Waals surface area contributed by atoms with Crippen molar-refractivity contribution in [3.8, 4) is 5.75 Å². The van der Waals surface area contributed by atoms with Crippen molar-refractivity contribution in [2.45, 2.75) is 51.2 Å². The van der Waals surface area contributed by atoms with Crippen LogP contribution >= 0.6 is 0 Å². The molecule has 0 spiro atoms. The first kappa shape index (κ1) is 27.7. The van der Waals surface area contributed by atoms with Gasteiger partial charge >= 0.3 is 6.18 Å². The zero-order valence-corrected chi connectivity index (χ0v) is 20.2. The van der Waals surface area contributed by atoms with Gasteiger partial charge in [0.05, 0.1) is 12.8 Å². The lowest BCUT2D eigenvalue weighted by Gasteiger charge is -2.25. The molecule has 0 atom stereocenters. The van der Waals surface area contributed by atoms with E-state index in [1.54, 1.807) is 32.3 Å². The summed E-state index contributed by atoms with van der Waals surface area (Å²) in [5, 5.41) is 5.85. The minimum absolute atomic E-state index is 0.00343. The molecule has 2 amide bonds. The highest BCUT2D eigenvalue weighted by atomic mass is 19.4. The van der Waals surface area contributed by atoms with Gasteiger partial charge in [0.15, 0.2) is 0 Å². The van der Waals surface area contributed by atoms with Gasteiger partial charge < -0.3 is 26.0 Å². The van der Waals surface area contributed by atoms with E-state index >= 15 is 0 Å². The molecule has 9 nitrogen and oxygen atoms in total. The molecule has 1 aromatic heterocycles. The molecule has 0 saturated heterocycles. The first-order valence-corrected chi connectivity index (χ1v) is 11.1. The standard InChI is InChI=1S/C21H26F3N5O2.C2H5NO/c1-29(2)19(30)13-9-10-16(17(11-13)31-3)27-20-25-12-15(21(22,23)24)18(28-20)26-14-7-5-4-6-8-14;1-2(3)4/h9-12,14H,4-8H2,1-3H3,(H2,25,26,27,28);1H3,(H2,3,4). The predicted octanol–water partition coefficient (Wildman–Crippen LogP) is 4.19. The summed E-state index contributed by atoms with van der Waals surface area (Å²) in [5.74, 6) is -0.431. The van der Waals surface area contributed by atoms with Crippen LogP contribution in [-0.4, -0.2) is 53.9 Å². The molecule has 1 aromatic carbocycles. The molecule has 1 fully saturated rings. The second-order valence-corrected chi connectivity index (χ2v) is 8.28. The van der Waals surface area contributed by atoms with Crippen LogP contribution in [0.2, 0.25) is 0 Å². The summed E-state index contributed by atoms with van der Waals surface area (Å²) in [5.41, 5.74) is 4.42. The van der Waals surface area contributed by atoms with Gasteiger partial charge in [0.25, 0.3) is 5.91 Å². The van der Waals surface area contributed by atoms with Gasteiger partial charge in [-0.1, -0.05) is 19.3 Å². The largest absolute Gasteiger partial charge is 0.495 e. The Balaban J connectivity index is 0.00000100. The van der Waals surface area contributed by atoms with Crippen LogP contribution in [0.25, 0.3) is 0 Å². The van der Waals surface area contributed by atoms with Crippen molar-refractivity contribution in [2.75, 3.05) is 31.8 Å². The van der Waals surface area contributed by atoms with Crippen LogP contribution in [0.15, 0.2) is 24.4 Å². The molecule has 3 rings (SSSR count). The Hall–Kier alpha value is -3.57. The highest BCUT2D eigenvalue weighted by Crippen LogP contribution is 2.36. The van der Waals surface area contributed by atoms with Crippen LogP contribution in [0.5, 0.6) is 5.75 Å². The summed E-state index contributed by atoms with van der Waals surface area (Å²) >= 11 is 0. The highest BCUT2D eigenvalue weighted by molar-refractivity contribution is 5.95. The smallest absolute Gasteiger partial charge is 0.421 e. The van der Waals surface area contributed by atoms with E-state index in [-0.39, 0.29) is 29.6 Å². The number of hydrogen-bond acceptors (Lipinski definition) is 7. The SMILES string of the molecule is CC(N)=O.COc1cc(C(=O)N(C)C)ccc1Nc1ncc(C(F)(F)F)c(NC2CCCCC2)n1. The van der Waals surface area contributed by atoms with Gasteiger partial charge in [-0.25, -0.2) is 4.98 Å². The second-order valence-electron chi connectivity index (χ2n) is 8.28. The van der Waals surface area contributed by atoms with E-state index in [2.05, 4.69) is 26.3 Å². The normalized spacial score (nSPS) is 13.8. The maximum atomic E-state index is 13.5. The van der Waals surface area contributed by atoms with Crippen molar-refractivity contribution in [1.29, 1.82) is 0 Å². The van der Waals surface area contributed by atoms with E-state index in [1.165, 1.54) is 18.9 Å². The fraction of sp³-hybridized carbons (Fsp3) is 0.478. The van der Waals surface area contributed by atoms with Crippen molar-refractivity contribution in [1.82, 2.24) is 14.9 Å². The Labute approximate surface area is 202 Å². The maximum Gasteiger partial charge on any atom is 0.421 e. The monoisotopic (exact) mass is 496 g/mol. The Morgan fingerprint density at radius 1 is 1.17 bits per heavy atom. The van der Waals surface area contributed by atoms with Crippen molar-refractivity contribution in [3.63, 3.8) is 0 Å². The molecule has 0 bridgehead atoms.